The number of rotatable bonds is 9. The van der Waals surface area contributed by atoms with Gasteiger partial charge in [0.25, 0.3) is 0 Å². The van der Waals surface area contributed by atoms with Gasteiger partial charge in [-0.2, -0.15) is 0 Å². The zero-order chi connectivity index (χ0) is 38.8. The van der Waals surface area contributed by atoms with Gasteiger partial charge in [0.1, 0.15) is 0 Å². The first-order valence-corrected chi connectivity index (χ1v) is 20.5. The fourth-order valence-corrected chi connectivity index (χ4v) is 8.81. The Bertz CT molecular complexity index is 3050. The highest BCUT2D eigenvalue weighted by molar-refractivity contribution is 6.06. The number of allylic oxidation sites excluding steroid dienone is 5. The van der Waals surface area contributed by atoms with Crippen LogP contribution in [0.3, 0.4) is 0 Å². The Balaban J connectivity index is 0.913. The summed E-state index contributed by atoms with van der Waals surface area (Å²) in [7, 11) is 0. The molecule has 0 unspecified atom stereocenters. The van der Waals surface area contributed by atoms with Gasteiger partial charge in [0.2, 0.25) is 0 Å². The minimum absolute atomic E-state index is 1.02. The van der Waals surface area contributed by atoms with Crippen molar-refractivity contribution in [2.75, 3.05) is 0 Å². The molecule has 0 amide bonds. The van der Waals surface area contributed by atoms with Crippen LogP contribution in [0.25, 0.3) is 93.5 Å². The van der Waals surface area contributed by atoms with Crippen molar-refractivity contribution >= 4 is 37.9 Å². The summed E-state index contributed by atoms with van der Waals surface area (Å²) in [6.45, 7) is 3.91. The molecule has 9 aromatic rings. The maximum atomic E-state index is 3.91. The smallest absolute Gasteiger partial charge is 0.00992 e. The summed E-state index contributed by atoms with van der Waals surface area (Å²) in [5.74, 6) is 0. The quantitative estimate of drug-likeness (QED) is 0.129. The van der Waals surface area contributed by atoms with Crippen LogP contribution in [-0.4, -0.2) is 0 Å². The zero-order valence-corrected chi connectivity index (χ0v) is 32.7. The molecule has 58 heavy (non-hydrogen) atoms. The molecule has 9 aromatic carbocycles. The summed E-state index contributed by atoms with van der Waals surface area (Å²) in [6, 6.07) is 69.5. The summed E-state index contributed by atoms with van der Waals surface area (Å²) in [4.78, 5) is 0. The predicted octanol–water partition coefficient (Wildman–Crippen LogP) is 16.6. The largest absolute Gasteiger partial charge is 0.103 e. The molecule has 0 heterocycles. The molecule has 276 valence electrons. The Hall–Kier alpha value is -7.02. The van der Waals surface area contributed by atoms with Crippen LogP contribution in [0.5, 0.6) is 0 Å². The van der Waals surface area contributed by atoms with E-state index in [2.05, 4.69) is 207 Å². The monoisotopic (exact) mass is 740 g/mol. The summed E-state index contributed by atoms with van der Waals surface area (Å²) in [6.07, 6.45) is 11.1. The highest BCUT2D eigenvalue weighted by Gasteiger charge is 2.13. The van der Waals surface area contributed by atoms with Crippen molar-refractivity contribution in [3.63, 3.8) is 0 Å². The molecule has 10 rings (SSSR count). The van der Waals surface area contributed by atoms with Gasteiger partial charge in [-0.1, -0.05) is 182 Å². The van der Waals surface area contributed by atoms with Crippen LogP contribution < -0.4 is 0 Å². The number of hydrogen-bond acceptors (Lipinski definition) is 0. The highest BCUT2D eigenvalue weighted by atomic mass is 14.2. The number of fused-ring (bicyclic) bond motifs is 3. The fourth-order valence-electron chi connectivity index (χ4n) is 8.81. The predicted molar refractivity (Wildman–Crippen MR) is 251 cm³/mol. The van der Waals surface area contributed by atoms with Crippen molar-refractivity contribution in [1.29, 1.82) is 0 Å². The van der Waals surface area contributed by atoms with Crippen molar-refractivity contribution < 1.29 is 0 Å². The van der Waals surface area contributed by atoms with E-state index in [4.69, 9.17) is 0 Å². The molecule has 0 aliphatic heterocycles. The Morgan fingerprint density at radius 1 is 0.397 bits per heavy atom. The van der Waals surface area contributed by atoms with Crippen molar-refractivity contribution in [2.24, 2.45) is 0 Å². The molecule has 0 nitrogen and oxygen atoms in total. The molecule has 0 fully saturated rings. The average Bonchev–Trinajstić information content (AvgIpc) is 3.30. The fraction of sp³-hybridized carbons (Fsp3) is 0.0690. The van der Waals surface area contributed by atoms with Crippen LogP contribution in [0.1, 0.15) is 31.2 Å². The average molecular weight is 741 g/mol. The molecule has 0 saturated heterocycles. The molecule has 0 bridgehead atoms. The topological polar surface area (TPSA) is 0 Å². The molecule has 0 heteroatoms. The Labute approximate surface area is 341 Å². The van der Waals surface area contributed by atoms with E-state index in [-0.39, 0.29) is 0 Å². The van der Waals surface area contributed by atoms with Gasteiger partial charge in [0.05, 0.1) is 0 Å². The Morgan fingerprint density at radius 2 is 0.862 bits per heavy atom. The molecule has 0 N–H and O–H groups in total. The SMILES string of the molecule is C=CCCC1=CCCC(c2cccc(-c3ccc4cc(-c5ccc(-c6ccc(-c7ccc8cc(-c9ccccc9)ccc8c7)cc6)c6ccccc56)ccc4c3)c2)=C1. The zero-order valence-electron chi connectivity index (χ0n) is 32.7. The van der Waals surface area contributed by atoms with Crippen molar-refractivity contribution in [3.8, 4) is 55.6 Å². The first-order valence-electron chi connectivity index (χ1n) is 20.5. The summed E-state index contributed by atoms with van der Waals surface area (Å²) < 4.78 is 0. The molecular formula is C58H44. The van der Waals surface area contributed by atoms with E-state index in [1.165, 1.54) is 105 Å². The highest BCUT2D eigenvalue weighted by Crippen LogP contribution is 2.39. The third-order valence-corrected chi connectivity index (χ3v) is 11.9. The first-order chi connectivity index (χ1) is 28.7. The van der Waals surface area contributed by atoms with Gasteiger partial charge in [-0.05, 0) is 155 Å². The molecule has 1 aliphatic carbocycles. The van der Waals surface area contributed by atoms with E-state index < -0.39 is 0 Å². The molecule has 0 spiro atoms. The Morgan fingerprint density at radius 3 is 1.50 bits per heavy atom. The van der Waals surface area contributed by atoms with E-state index in [1.54, 1.807) is 0 Å². The second-order valence-corrected chi connectivity index (χ2v) is 15.6. The standard InChI is InChI=1S/C58H44/c1-2-3-11-40-12-9-15-44(34-40)45-16-10-17-46(35-45)49-28-29-53-39-54(31-30-52(53)38-49)56-33-32-55(57-18-7-8-19-58(56)57)43-22-20-42(21-23-43)48-25-27-50-36-47(24-26-51(50)37-48)41-13-5-4-6-14-41/h2,4-8,10,12-14,16-39H,1,3,9,11,15H2. The van der Waals surface area contributed by atoms with Crippen molar-refractivity contribution in [1.82, 2.24) is 0 Å². The van der Waals surface area contributed by atoms with E-state index in [1.807, 2.05) is 6.08 Å². The van der Waals surface area contributed by atoms with Crippen LogP contribution in [0, 0.1) is 0 Å². The lowest BCUT2D eigenvalue weighted by Crippen LogP contribution is -1.93. The van der Waals surface area contributed by atoms with Crippen LogP contribution in [0.15, 0.2) is 218 Å². The molecule has 1 aliphatic rings. The number of hydrogen-bond donors (Lipinski definition) is 0. The van der Waals surface area contributed by atoms with Crippen molar-refractivity contribution in [3.05, 3.63) is 224 Å². The van der Waals surface area contributed by atoms with E-state index in [0.29, 0.717) is 0 Å². The van der Waals surface area contributed by atoms with Crippen LogP contribution in [0.2, 0.25) is 0 Å². The lowest BCUT2D eigenvalue weighted by molar-refractivity contribution is 0.953. The van der Waals surface area contributed by atoms with E-state index in [9.17, 15) is 0 Å². The van der Waals surface area contributed by atoms with E-state index in [0.717, 1.165) is 25.7 Å². The van der Waals surface area contributed by atoms with Gasteiger partial charge >= 0.3 is 0 Å². The second-order valence-electron chi connectivity index (χ2n) is 15.6. The van der Waals surface area contributed by atoms with Gasteiger partial charge < -0.3 is 0 Å². The second kappa shape index (κ2) is 15.5. The summed E-state index contributed by atoms with van der Waals surface area (Å²) in [5, 5.41) is 7.53. The summed E-state index contributed by atoms with van der Waals surface area (Å²) >= 11 is 0. The normalized spacial score (nSPS) is 12.8. The van der Waals surface area contributed by atoms with Gasteiger partial charge in [-0.15, -0.1) is 6.58 Å². The minimum atomic E-state index is 1.02. The Kier molecular flexibility index (Phi) is 9.45. The van der Waals surface area contributed by atoms with Gasteiger partial charge in [-0.3, -0.25) is 0 Å². The van der Waals surface area contributed by atoms with Gasteiger partial charge in [0.15, 0.2) is 0 Å². The lowest BCUT2D eigenvalue weighted by Gasteiger charge is -2.15. The van der Waals surface area contributed by atoms with Gasteiger partial charge in [0, 0.05) is 0 Å². The van der Waals surface area contributed by atoms with Crippen molar-refractivity contribution in [2.45, 2.75) is 25.7 Å². The van der Waals surface area contributed by atoms with Crippen LogP contribution in [0.4, 0.5) is 0 Å². The molecule has 0 radical (unpaired) electrons. The molecule has 0 aromatic heterocycles. The third-order valence-electron chi connectivity index (χ3n) is 11.9. The molecular weight excluding hydrogens is 697 g/mol. The maximum Gasteiger partial charge on any atom is -0.00992 e. The summed E-state index contributed by atoms with van der Waals surface area (Å²) in [5.41, 5.74) is 16.6. The number of benzene rings is 9. The van der Waals surface area contributed by atoms with Gasteiger partial charge in [-0.25, -0.2) is 0 Å². The van der Waals surface area contributed by atoms with Crippen LogP contribution in [-0.2, 0) is 0 Å². The lowest BCUT2D eigenvalue weighted by atomic mass is 9.89. The maximum absolute atomic E-state index is 3.91. The van der Waals surface area contributed by atoms with Crippen LogP contribution >= 0.6 is 0 Å². The third kappa shape index (κ3) is 6.99. The minimum Gasteiger partial charge on any atom is -0.103 e. The van der Waals surface area contributed by atoms with E-state index >= 15 is 0 Å². The molecule has 0 atom stereocenters. The first kappa shape index (κ1) is 35.4. The molecule has 0 saturated carbocycles.